The lowest BCUT2D eigenvalue weighted by Gasteiger charge is -2.14. The van der Waals surface area contributed by atoms with Crippen LogP contribution in [0.3, 0.4) is 0 Å². The number of ether oxygens (including phenoxy) is 1. The van der Waals surface area contributed by atoms with Gasteiger partial charge < -0.3 is 4.74 Å². The van der Waals surface area contributed by atoms with E-state index in [0.717, 1.165) is 5.56 Å². The first-order chi connectivity index (χ1) is 9.06. The van der Waals surface area contributed by atoms with Crippen LogP contribution in [0.2, 0.25) is 0 Å². The van der Waals surface area contributed by atoms with E-state index in [2.05, 4.69) is 0 Å². The van der Waals surface area contributed by atoms with Crippen molar-refractivity contribution >= 4 is 5.69 Å². The smallest absolute Gasteiger partial charge is 0.269 e. The Morgan fingerprint density at radius 3 is 2.21 bits per heavy atom. The highest BCUT2D eigenvalue weighted by molar-refractivity contribution is 5.36. The summed E-state index contributed by atoms with van der Waals surface area (Å²) in [6, 6.07) is 11.9. The van der Waals surface area contributed by atoms with E-state index in [-0.39, 0.29) is 17.6 Å². The topological polar surface area (TPSA) is 52.4 Å². The van der Waals surface area contributed by atoms with Crippen molar-refractivity contribution in [3.8, 4) is 5.75 Å². The van der Waals surface area contributed by atoms with Crippen LogP contribution in [-0.2, 0) is 0 Å². The number of hydrogen-bond acceptors (Lipinski definition) is 3. The third-order valence-electron chi connectivity index (χ3n) is 2.70. The maximum atomic E-state index is 12.8. The summed E-state index contributed by atoms with van der Waals surface area (Å²) < 4.78 is 18.4. The zero-order valence-corrected chi connectivity index (χ0v) is 10.2. The molecule has 0 saturated heterocycles. The van der Waals surface area contributed by atoms with Gasteiger partial charge in [0.05, 0.1) is 4.92 Å². The molecule has 2 rings (SSSR count). The number of rotatable bonds is 4. The van der Waals surface area contributed by atoms with Crippen molar-refractivity contribution in [3.05, 3.63) is 70.0 Å². The van der Waals surface area contributed by atoms with Gasteiger partial charge in [0.15, 0.2) is 0 Å². The van der Waals surface area contributed by atoms with E-state index in [1.807, 2.05) is 6.92 Å². The summed E-state index contributed by atoms with van der Waals surface area (Å²) in [7, 11) is 0. The minimum absolute atomic E-state index is 0.0155. The Morgan fingerprint density at radius 2 is 1.68 bits per heavy atom. The molecular formula is C14H12FNO3. The molecule has 2 aromatic rings. The van der Waals surface area contributed by atoms with Crippen molar-refractivity contribution in [2.24, 2.45) is 0 Å². The van der Waals surface area contributed by atoms with Gasteiger partial charge in [0.25, 0.3) is 5.69 Å². The molecule has 2 aromatic carbocycles. The molecular weight excluding hydrogens is 249 g/mol. The molecule has 0 saturated carbocycles. The Balaban J connectivity index is 2.08. The van der Waals surface area contributed by atoms with Gasteiger partial charge in [-0.15, -0.1) is 0 Å². The van der Waals surface area contributed by atoms with Crippen molar-refractivity contribution in [3.63, 3.8) is 0 Å². The summed E-state index contributed by atoms with van der Waals surface area (Å²) in [6.45, 7) is 1.83. The monoisotopic (exact) mass is 261 g/mol. The molecule has 0 aliphatic rings. The SMILES string of the molecule is C[C@H](Oc1ccc([N+](=O)[O-])cc1)c1ccc(F)cc1. The molecule has 0 fully saturated rings. The van der Waals surface area contributed by atoms with Gasteiger partial charge in [0.1, 0.15) is 17.7 Å². The van der Waals surface area contributed by atoms with Crippen LogP contribution in [0, 0.1) is 15.9 Å². The molecule has 4 nitrogen and oxygen atoms in total. The zero-order valence-electron chi connectivity index (χ0n) is 10.2. The lowest BCUT2D eigenvalue weighted by Crippen LogP contribution is -2.03. The van der Waals surface area contributed by atoms with Crippen LogP contribution in [-0.4, -0.2) is 4.92 Å². The summed E-state index contributed by atoms with van der Waals surface area (Å²) in [4.78, 5) is 10.1. The highest BCUT2D eigenvalue weighted by Gasteiger charge is 2.09. The van der Waals surface area contributed by atoms with Crippen molar-refractivity contribution in [2.75, 3.05) is 0 Å². The second-order valence-corrected chi connectivity index (χ2v) is 4.06. The molecule has 0 bridgehead atoms. The van der Waals surface area contributed by atoms with Gasteiger partial charge in [0.2, 0.25) is 0 Å². The van der Waals surface area contributed by atoms with Gasteiger partial charge >= 0.3 is 0 Å². The fourth-order valence-electron chi connectivity index (χ4n) is 1.65. The summed E-state index contributed by atoms with van der Waals surface area (Å²) in [5.74, 6) is 0.230. The van der Waals surface area contributed by atoms with E-state index >= 15 is 0 Å². The van der Waals surface area contributed by atoms with E-state index < -0.39 is 4.92 Å². The molecule has 0 aromatic heterocycles. The van der Waals surface area contributed by atoms with E-state index in [1.165, 1.54) is 36.4 Å². The van der Waals surface area contributed by atoms with Crippen LogP contribution in [0.15, 0.2) is 48.5 Å². The maximum Gasteiger partial charge on any atom is 0.269 e. The number of nitro benzene ring substituents is 1. The highest BCUT2D eigenvalue weighted by atomic mass is 19.1. The van der Waals surface area contributed by atoms with Gasteiger partial charge in [-0.2, -0.15) is 0 Å². The zero-order chi connectivity index (χ0) is 13.8. The Bertz CT molecular complexity index is 566. The van der Waals surface area contributed by atoms with E-state index in [1.54, 1.807) is 12.1 Å². The number of non-ortho nitro benzene ring substituents is 1. The van der Waals surface area contributed by atoms with Crippen LogP contribution >= 0.6 is 0 Å². The van der Waals surface area contributed by atoms with Crippen LogP contribution in [0.25, 0.3) is 0 Å². The van der Waals surface area contributed by atoms with Gasteiger partial charge in [-0.05, 0) is 36.8 Å². The Hall–Kier alpha value is -2.43. The molecule has 0 aliphatic carbocycles. The Morgan fingerprint density at radius 1 is 1.11 bits per heavy atom. The van der Waals surface area contributed by atoms with Gasteiger partial charge in [-0.25, -0.2) is 4.39 Å². The fraction of sp³-hybridized carbons (Fsp3) is 0.143. The van der Waals surface area contributed by atoms with Crippen molar-refractivity contribution in [1.82, 2.24) is 0 Å². The lowest BCUT2D eigenvalue weighted by molar-refractivity contribution is -0.384. The molecule has 0 N–H and O–H groups in total. The number of nitro groups is 1. The maximum absolute atomic E-state index is 12.8. The average molecular weight is 261 g/mol. The van der Waals surface area contributed by atoms with Crippen molar-refractivity contribution in [1.29, 1.82) is 0 Å². The molecule has 0 radical (unpaired) electrons. The molecule has 19 heavy (non-hydrogen) atoms. The van der Waals surface area contributed by atoms with E-state index in [0.29, 0.717) is 5.75 Å². The molecule has 1 atom stereocenters. The van der Waals surface area contributed by atoms with Gasteiger partial charge in [0, 0.05) is 12.1 Å². The molecule has 98 valence electrons. The number of nitrogens with zero attached hydrogens (tertiary/aromatic N) is 1. The first kappa shape index (κ1) is 13.0. The number of hydrogen-bond donors (Lipinski definition) is 0. The third-order valence-corrected chi connectivity index (χ3v) is 2.70. The first-order valence-corrected chi connectivity index (χ1v) is 5.73. The second kappa shape index (κ2) is 5.48. The van der Waals surface area contributed by atoms with E-state index in [4.69, 9.17) is 4.74 Å². The second-order valence-electron chi connectivity index (χ2n) is 4.06. The molecule has 0 heterocycles. The van der Waals surface area contributed by atoms with Crippen LogP contribution in [0.5, 0.6) is 5.75 Å². The number of benzene rings is 2. The van der Waals surface area contributed by atoms with E-state index in [9.17, 15) is 14.5 Å². The minimum Gasteiger partial charge on any atom is -0.486 e. The molecule has 0 amide bonds. The van der Waals surface area contributed by atoms with Crippen LogP contribution in [0.4, 0.5) is 10.1 Å². The van der Waals surface area contributed by atoms with Gasteiger partial charge in [-0.1, -0.05) is 12.1 Å². The Labute approximate surface area is 109 Å². The molecule has 0 spiro atoms. The fourth-order valence-corrected chi connectivity index (χ4v) is 1.65. The molecule has 0 aliphatic heterocycles. The summed E-state index contributed by atoms with van der Waals surface area (Å²) in [5.41, 5.74) is 0.849. The first-order valence-electron chi connectivity index (χ1n) is 5.73. The highest BCUT2D eigenvalue weighted by Crippen LogP contribution is 2.23. The third kappa shape index (κ3) is 3.28. The Kier molecular flexibility index (Phi) is 3.75. The predicted molar refractivity (Wildman–Crippen MR) is 68.5 cm³/mol. The average Bonchev–Trinajstić information content (AvgIpc) is 2.40. The standard InChI is InChI=1S/C14H12FNO3/c1-10(11-2-4-12(15)5-3-11)19-14-8-6-13(7-9-14)16(17)18/h2-10H,1H3/t10-/m0/s1. The van der Waals surface area contributed by atoms with Crippen LogP contribution in [0.1, 0.15) is 18.6 Å². The summed E-state index contributed by atoms with van der Waals surface area (Å²) in [5, 5.41) is 10.5. The van der Waals surface area contributed by atoms with Crippen molar-refractivity contribution < 1.29 is 14.1 Å². The normalized spacial score (nSPS) is 11.9. The minimum atomic E-state index is -0.465. The predicted octanol–water partition coefficient (Wildman–Crippen LogP) is 3.87. The summed E-state index contributed by atoms with van der Waals surface area (Å²) in [6.07, 6.45) is -0.262. The summed E-state index contributed by atoms with van der Waals surface area (Å²) >= 11 is 0. The number of halogens is 1. The van der Waals surface area contributed by atoms with Crippen LogP contribution < -0.4 is 4.74 Å². The van der Waals surface area contributed by atoms with Crippen molar-refractivity contribution in [2.45, 2.75) is 13.0 Å². The lowest BCUT2D eigenvalue weighted by atomic mass is 10.1. The molecule has 0 unspecified atom stereocenters. The van der Waals surface area contributed by atoms with Gasteiger partial charge in [-0.3, -0.25) is 10.1 Å². The quantitative estimate of drug-likeness (QED) is 0.620. The largest absolute Gasteiger partial charge is 0.486 e. The molecule has 5 heteroatoms.